The van der Waals surface area contributed by atoms with Crippen molar-refractivity contribution in [3.05, 3.63) is 64.2 Å². The van der Waals surface area contributed by atoms with Crippen LogP contribution in [0.3, 0.4) is 0 Å². The van der Waals surface area contributed by atoms with E-state index in [-0.39, 0.29) is 10.6 Å². The zero-order valence-corrected chi connectivity index (χ0v) is 13.5. The number of nitrogens with one attached hydrogen (secondary N) is 1. The number of nitrogens with two attached hydrogens (primary N) is 1. The normalized spacial score (nSPS) is 10.3. The van der Waals surface area contributed by atoms with Crippen LogP contribution < -0.4 is 15.5 Å². The van der Waals surface area contributed by atoms with Crippen LogP contribution in [0.5, 0.6) is 0 Å². The van der Waals surface area contributed by atoms with Gasteiger partial charge in [-0.3, -0.25) is 10.1 Å². The topological polar surface area (TPSA) is 75.0 Å². The summed E-state index contributed by atoms with van der Waals surface area (Å²) in [5.74, 6) is 0. The summed E-state index contributed by atoms with van der Waals surface area (Å²) in [4.78, 5) is 12.3. The molecule has 2 aromatic carbocycles. The van der Waals surface area contributed by atoms with E-state index in [2.05, 4.69) is 39.8 Å². The van der Waals surface area contributed by atoms with Gasteiger partial charge in [0.05, 0.1) is 18.0 Å². The molecule has 0 aliphatic heterocycles. The molecule has 0 heterocycles. The number of non-ortho nitro benzene ring substituents is 1. The minimum Gasteiger partial charge on any atom is -0.379 e. The summed E-state index contributed by atoms with van der Waals surface area (Å²) in [7, 11) is 4.07. The third kappa shape index (κ3) is 5.27. The van der Waals surface area contributed by atoms with Gasteiger partial charge in [-0.05, 0) is 24.3 Å². The van der Waals surface area contributed by atoms with Gasteiger partial charge in [-0.1, -0.05) is 12.1 Å². The van der Waals surface area contributed by atoms with E-state index in [1.165, 1.54) is 23.4 Å². The maximum atomic E-state index is 10.6. The molecule has 0 saturated carbocycles. The number of nitrogens with zero attached hydrogens (tertiary/aromatic N) is 2. The largest absolute Gasteiger partial charge is 0.379 e. The van der Waals surface area contributed by atoms with Gasteiger partial charge in [-0.15, -0.1) is 0 Å². The number of hydrogen-bond acceptors (Lipinski definition) is 4. The molecule has 23 heavy (non-hydrogen) atoms. The average molecular weight is 315 g/mol. The van der Waals surface area contributed by atoms with Crippen molar-refractivity contribution in [2.75, 3.05) is 37.4 Å². The molecule has 0 amide bonds. The van der Waals surface area contributed by atoms with Crippen molar-refractivity contribution in [1.29, 1.82) is 0 Å². The highest BCUT2D eigenvalue weighted by atomic mass is 16.6. The van der Waals surface area contributed by atoms with Crippen LogP contribution in [0.1, 0.15) is 5.56 Å². The van der Waals surface area contributed by atoms with E-state index in [9.17, 15) is 10.1 Å². The molecule has 0 aliphatic carbocycles. The van der Waals surface area contributed by atoms with E-state index in [0.29, 0.717) is 0 Å². The number of anilines is 2. The number of nitro benzene ring substituents is 1. The molecule has 6 nitrogen and oxygen atoms in total. The van der Waals surface area contributed by atoms with Crippen LogP contribution >= 0.6 is 0 Å². The lowest BCUT2D eigenvalue weighted by atomic mass is 10.2. The Morgan fingerprint density at radius 1 is 1.09 bits per heavy atom. The number of rotatable bonds is 8. The van der Waals surface area contributed by atoms with Crippen LogP contribution in [0.15, 0.2) is 48.5 Å². The van der Waals surface area contributed by atoms with E-state index in [0.717, 1.165) is 25.3 Å². The first-order chi connectivity index (χ1) is 11.1. The summed E-state index contributed by atoms with van der Waals surface area (Å²) < 4.78 is 0. The van der Waals surface area contributed by atoms with Crippen LogP contribution in [-0.2, 0) is 6.54 Å². The number of quaternary nitrogens is 1. The standard InChI is InChI=1S/C17H22N4O2/c1-20(2)16-7-3-14(4-8-16)13-18-11-12-19-15-5-9-17(10-6-15)21(22)23/h3-10,18-19H,11-13H2,1-2H3/p+1. The Balaban J connectivity index is 1.68. The second-order valence-corrected chi connectivity index (χ2v) is 5.57. The van der Waals surface area contributed by atoms with E-state index in [1.807, 2.05) is 14.1 Å². The van der Waals surface area contributed by atoms with Crippen molar-refractivity contribution < 1.29 is 10.2 Å². The molecule has 0 aliphatic rings. The molecule has 0 unspecified atom stereocenters. The van der Waals surface area contributed by atoms with Gasteiger partial charge in [-0.25, -0.2) is 0 Å². The van der Waals surface area contributed by atoms with Gasteiger partial charge in [0.15, 0.2) is 0 Å². The second kappa shape index (κ2) is 8.14. The number of hydrogen-bond donors (Lipinski definition) is 2. The fourth-order valence-electron chi connectivity index (χ4n) is 2.22. The summed E-state index contributed by atoms with van der Waals surface area (Å²) in [5.41, 5.74) is 3.52. The summed E-state index contributed by atoms with van der Waals surface area (Å²) in [6, 6.07) is 15.0. The molecule has 0 spiro atoms. The van der Waals surface area contributed by atoms with E-state index in [1.54, 1.807) is 12.1 Å². The SMILES string of the molecule is CN(C)c1ccc(C[NH2+]CCNc2ccc([N+](=O)[O-])cc2)cc1. The maximum Gasteiger partial charge on any atom is 0.269 e. The smallest absolute Gasteiger partial charge is 0.269 e. The summed E-state index contributed by atoms with van der Waals surface area (Å²) in [6.07, 6.45) is 0. The van der Waals surface area contributed by atoms with E-state index in [4.69, 9.17) is 0 Å². The zero-order valence-electron chi connectivity index (χ0n) is 13.5. The van der Waals surface area contributed by atoms with Crippen LogP contribution in [0.2, 0.25) is 0 Å². The predicted octanol–water partition coefficient (Wildman–Crippen LogP) is 1.84. The van der Waals surface area contributed by atoms with Crippen molar-refractivity contribution >= 4 is 17.1 Å². The van der Waals surface area contributed by atoms with Crippen LogP contribution in [0.4, 0.5) is 17.1 Å². The number of benzene rings is 2. The zero-order chi connectivity index (χ0) is 16.7. The molecule has 0 atom stereocenters. The lowest BCUT2D eigenvalue weighted by Gasteiger charge is -2.12. The summed E-state index contributed by atoms with van der Waals surface area (Å²) in [5, 5.41) is 16.1. The van der Waals surface area contributed by atoms with Gasteiger partial charge in [-0.2, -0.15) is 0 Å². The van der Waals surface area contributed by atoms with Crippen molar-refractivity contribution in [2.45, 2.75) is 6.54 Å². The molecule has 3 N–H and O–H groups in total. The highest BCUT2D eigenvalue weighted by Gasteiger charge is 2.03. The third-order valence-electron chi connectivity index (χ3n) is 3.59. The molecule has 122 valence electrons. The Hall–Kier alpha value is -2.60. The Kier molecular flexibility index (Phi) is 5.94. The summed E-state index contributed by atoms with van der Waals surface area (Å²) >= 11 is 0. The lowest BCUT2D eigenvalue weighted by molar-refractivity contribution is -0.668. The van der Waals surface area contributed by atoms with E-state index < -0.39 is 0 Å². The minimum absolute atomic E-state index is 0.114. The average Bonchev–Trinajstić information content (AvgIpc) is 2.55. The quantitative estimate of drug-likeness (QED) is 0.443. The fraction of sp³-hybridized carbons (Fsp3) is 0.294. The minimum atomic E-state index is -0.390. The van der Waals surface area contributed by atoms with Gasteiger partial charge >= 0.3 is 0 Å². The Bertz CT molecular complexity index is 624. The molecule has 0 radical (unpaired) electrons. The maximum absolute atomic E-state index is 10.6. The van der Waals surface area contributed by atoms with Crippen LogP contribution in [0.25, 0.3) is 0 Å². The fourth-order valence-corrected chi connectivity index (χ4v) is 2.22. The van der Waals surface area contributed by atoms with Gasteiger partial charge in [0, 0.05) is 43.2 Å². The first-order valence-electron chi connectivity index (χ1n) is 7.62. The monoisotopic (exact) mass is 315 g/mol. The first kappa shape index (κ1) is 16.8. The summed E-state index contributed by atoms with van der Waals surface area (Å²) in [6.45, 7) is 2.69. The molecule has 0 aromatic heterocycles. The van der Waals surface area contributed by atoms with Crippen LogP contribution in [-0.4, -0.2) is 32.1 Å². The molecular formula is C17H23N4O2+. The molecule has 2 rings (SSSR count). The molecule has 0 bridgehead atoms. The van der Waals surface area contributed by atoms with Crippen molar-refractivity contribution in [3.63, 3.8) is 0 Å². The molecule has 6 heteroatoms. The molecule has 0 fully saturated rings. The van der Waals surface area contributed by atoms with Gasteiger partial charge in [0.2, 0.25) is 0 Å². The van der Waals surface area contributed by atoms with Crippen molar-refractivity contribution in [2.24, 2.45) is 0 Å². The second-order valence-electron chi connectivity index (χ2n) is 5.57. The van der Waals surface area contributed by atoms with Gasteiger partial charge in [0.25, 0.3) is 5.69 Å². The molecule has 0 saturated heterocycles. The van der Waals surface area contributed by atoms with Crippen molar-refractivity contribution in [3.8, 4) is 0 Å². The third-order valence-corrected chi connectivity index (χ3v) is 3.59. The van der Waals surface area contributed by atoms with Crippen LogP contribution in [0, 0.1) is 10.1 Å². The Morgan fingerprint density at radius 2 is 1.74 bits per heavy atom. The van der Waals surface area contributed by atoms with Gasteiger partial charge < -0.3 is 15.5 Å². The predicted molar refractivity (Wildman–Crippen MR) is 92.9 cm³/mol. The van der Waals surface area contributed by atoms with Gasteiger partial charge in [0.1, 0.15) is 6.54 Å². The molecule has 2 aromatic rings. The highest BCUT2D eigenvalue weighted by molar-refractivity contribution is 5.48. The highest BCUT2D eigenvalue weighted by Crippen LogP contribution is 2.14. The Morgan fingerprint density at radius 3 is 2.30 bits per heavy atom. The van der Waals surface area contributed by atoms with Crippen molar-refractivity contribution in [1.82, 2.24) is 0 Å². The van der Waals surface area contributed by atoms with E-state index >= 15 is 0 Å². The molecular weight excluding hydrogens is 292 g/mol. The number of nitro groups is 1. The lowest BCUT2D eigenvalue weighted by Crippen LogP contribution is -2.83. The first-order valence-corrected chi connectivity index (χ1v) is 7.62. The Labute approximate surface area is 136 Å².